The Morgan fingerprint density at radius 2 is 2.00 bits per heavy atom. The molecule has 3 nitrogen and oxygen atoms in total. The van der Waals surface area contributed by atoms with Crippen molar-refractivity contribution in [2.45, 2.75) is 5.92 Å². The molecule has 1 heterocycles. The zero-order valence-corrected chi connectivity index (χ0v) is 9.55. The van der Waals surface area contributed by atoms with Crippen LogP contribution in [0.5, 0.6) is 0 Å². The first kappa shape index (κ1) is 11.6. The highest BCUT2D eigenvalue weighted by Crippen LogP contribution is 2.31. The number of benzene rings is 1. The minimum Gasteiger partial charge on any atom is -0.396 e. The average Bonchev–Trinajstić information content (AvgIpc) is 2.74. The van der Waals surface area contributed by atoms with Gasteiger partial charge in [0, 0.05) is 44.6 Å². The smallest absolute Gasteiger partial charge is 0.0477 e. The largest absolute Gasteiger partial charge is 0.396 e. The van der Waals surface area contributed by atoms with Crippen molar-refractivity contribution in [2.24, 2.45) is 11.7 Å². The van der Waals surface area contributed by atoms with E-state index >= 15 is 0 Å². The van der Waals surface area contributed by atoms with Gasteiger partial charge in [-0.2, -0.15) is 0 Å². The third-order valence-corrected chi connectivity index (χ3v) is 3.42. The Bertz CT molecular complexity index is 315. The molecular weight excluding hydrogens is 200 g/mol. The first-order valence-corrected chi connectivity index (χ1v) is 5.93. The molecule has 1 aromatic rings. The van der Waals surface area contributed by atoms with E-state index < -0.39 is 0 Å². The van der Waals surface area contributed by atoms with Crippen LogP contribution in [0.25, 0.3) is 0 Å². The molecule has 2 atom stereocenters. The van der Waals surface area contributed by atoms with Gasteiger partial charge in [0.05, 0.1) is 0 Å². The lowest BCUT2D eigenvalue weighted by Crippen LogP contribution is -2.27. The summed E-state index contributed by atoms with van der Waals surface area (Å²) in [4.78, 5) is 2.35. The van der Waals surface area contributed by atoms with E-state index in [1.807, 2.05) is 6.07 Å². The molecule has 0 saturated carbocycles. The number of rotatable bonds is 4. The monoisotopic (exact) mass is 220 g/mol. The van der Waals surface area contributed by atoms with Crippen molar-refractivity contribution in [1.29, 1.82) is 0 Å². The molecular formula is C13H20N2O. The normalized spacial score (nSPS) is 26.1. The van der Waals surface area contributed by atoms with Gasteiger partial charge in [0.25, 0.3) is 0 Å². The maximum atomic E-state index is 9.43. The van der Waals surface area contributed by atoms with Crippen LogP contribution < -0.4 is 5.73 Å². The van der Waals surface area contributed by atoms with Gasteiger partial charge in [0.15, 0.2) is 0 Å². The van der Waals surface area contributed by atoms with Gasteiger partial charge in [-0.25, -0.2) is 0 Å². The fourth-order valence-electron chi connectivity index (χ4n) is 2.59. The summed E-state index contributed by atoms with van der Waals surface area (Å²) in [6.07, 6.45) is 0. The molecule has 0 aromatic heterocycles. The Hall–Kier alpha value is -0.900. The SMILES string of the molecule is NCCN1C[C@H](CO)[C@@H](c2ccccc2)C1. The number of aliphatic hydroxyl groups excluding tert-OH is 1. The van der Waals surface area contributed by atoms with Gasteiger partial charge in [-0.15, -0.1) is 0 Å². The molecule has 1 aliphatic heterocycles. The lowest BCUT2D eigenvalue weighted by molar-refractivity contribution is 0.216. The highest BCUT2D eigenvalue weighted by Gasteiger charge is 2.32. The van der Waals surface area contributed by atoms with Gasteiger partial charge >= 0.3 is 0 Å². The van der Waals surface area contributed by atoms with Crippen molar-refractivity contribution in [2.75, 3.05) is 32.8 Å². The number of likely N-dealkylation sites (tertiary alicyclic amines) is 1. The van der Waals surface area contributed by atoms with E-state index in [1.54, 1.807) is 0 Å². The standard InChI is InChI=1S/C13H20N2O/c14-6-7-15-8-12(10-16)13(9-15)11-4-2-1-3-5-11/h1-5,12-13,16H,6-10,14H2/t12-,13-/m1/s1. The Balaban J connectivity index is 2.09. The van der Waals surface area contributed by atoms with Crippen molar-refractivity contribution < 1.29 is 5.11 Å². The van der Waals surface area contributed by atoms with Crippen molar-refractivity contribution in [3.63, 3.8) is 0 Å². The second kappa shape index (κ2) is 5.43. The first-order chi connectivity index (χ1) is 7.85. The maximum absolute atomic E-state index is 9.43. The second-order valence-electron chi connectivity index (χ2n) is 4.51. The molecule has 0 radical (unpaired) electrons. The zero-order chi connectivity index (χ0) is 11.4. The van der Waals surface area contributed by atoms with Crippen molar-refractivity contribution >= 4 is 0 Å². The van der Waals surface area contributed by atoms with E-state index in [4.69, 9.17) is 5.73 Å². The second-order valence-corrected chi connectivity index (χ2v) is 4.51. The van der Waals surface area contributed by atoms with Gasteiger partial charge in [-0.3, -0.25) is 0 Å². The van der Waals surface area contributed by atoms with Crippen molar-refractivity contribution in [3.05, 3.63) is 35.9 Å². The van der Waals surface area contributed by atoms with E-state index in [1.165, 1.54) is 5.56 Å². The Morgan fingerprint density at radius 3 is 2.62 bits per heavy atom. The average molecular weight is 220 g/mol. The molecule has 0 amide bonds. The molecule has 1 aliphatic rings. The van der Waals surface area contributed by atoms with Crippen molar-refractivity contribution in [1.82, 2.24) is 4.90 Å². The van der Waals surface area contributed by atoms with Crippen LogP contribution in [0.4, 0.5) is 0 Å². The van der Waals surface area contributed by atoms with Crippen LogP contribution in [0.2, 0.25) is 0 Å². The van der Waals surface area contributed by atoms with Gasteiger partial charge < -0.3 is 15.7 Å². The Kier molecular flexibility index (Phi) is 3.93. The number of hydrogen-bond donors (Lipinski definition) is 2. The minimum atomic E-state index is 0.265. The Morgan fingerprint density at radius 1 is 1.25 bits per heavy atom. The number of aliphatic hydroxyl groups is 1. The predicted molar refractivity (Wildman–Crippen MR) is 65.3 cm³/mol. The molecule has 3 N–H and O–H groups in total. The van der Waals surface area contributed by atoms with E-state index in [9.17, 15) is 5.11 Å². The lowest BCUT2D eigenvalue weighted by Gasteiger charge is -2.16. The number of nitrogens with zero attached hydrogens (tertiary/aromatic N) is 1. The molecule has 0 bridgehead atoms. The third kappa shape index (κ3) is 2.43. The zero-order valence-electron chi connectivity index (χ0n) is 9.55. The fraction of sp³-hybridized carbons (Fsp3) is 0.538. The van der Waals surface area contributed by atoms with Crippen LogP contribution in [-0.2, 0) is 0 Å². The minimum absolute atomic E-state index is 0.265. The summed E-state index contributed by atoms with van der Waals surface area (Å²) in [6, 6.07) is 10.5. The van der Waals surface area contributed by atoms with Crippen LogP contribution in [0.3, 0.4) is 0 Å². The van der Waals surface area contributed by atoms with Crippen LogP contribution in [0.1, 0.15) is 11.5 Å². The molecule has 1 aromatic carbocycles. The summed E-state index contributed by atoms with van der Waals surface area (Å²) in [5.74, 6) is 0.812. The number of nitrogens with two attached hydrogens (primary N) is 1. The molecule has 2 rings (SSSR count). The molecule has 3 heteroatoms. The molecule has 16 heavy (non-hydrogen) atoms. The van der Waals surface area contributed by atoms with E-state index in [0.717, 1.165) is 19.6 Å². The maximum Gasteiger partial charge on any atom is 0.0477 e. The molecule has 1 fully saturated rings. The van der Waals surface area contributed by atoms with E-state index in [2.05, 4.69) is 29.2 Å². The highest BCUT2D eigenvalue weighted by molar-refractivity contribution is 5.22. The Labute approximate surface area is 96.9 Å². The van der Waals surface area contributed by atoms with Crippen LogP contribution in [-0.4, -0.2) is 42.8 Å². The number of hydrogen-bond acceptors (Lipinski definition) is 3. The van der Waals surface area contributed by atoms with Gasteiger partial charge in [0.1, 0.15) is 0 Å². The summed E-state index contributed by atoms with van der Waals surface area (Å²) in [6.45, 7) is 3.87. The third-order valence-electron chi connectivity index (χ3n) is 3.42. The van der Waals surface area contributed by atoms with E-state index in [-0.39, 0.29) is 6.61 Å². The summed E-state index contributed by atoms with van der Waals surface area (Å²) in [5.41, 5.74) is 6.91. The molecule has 0 spiro atoms. The molecule has 0 aliphatic carbocycles. The van der Waals surface area contributed by atoms with Crippen LogP contribution >= 0.6 is 0 Å². The highest BCUT2D eigenvalue weighted by atomic mass is 16.3. The van der Waals surface area contributed by atoms with Crippen LogP contribution in [0.15, 0.2) is 30.3 Å². The van der Waals surface area contributed by atoms with E-state index in [0.29, 0.717) is 18.4 Å². The summed E-state index contributed by atoms with van der Waals surface area (Å²) in [5, 5.41) is 9.43. The summed E-state index contributed by atoms with van der Waals surface area (Å²) in [7, 11) is 0. The van der Waals surface area contributed by atoms with Gasteiger partial charge in [-0.1, -0.05) is 30.3 Å². The first-order valence-electron chi connectivity index (χ1n) is 5.93. The molecule has 1 saturated heterocycles. The summed E-state index contributed by atoms with van der Waals surface area (Å²) >= 11 is 0. The summed E-state index contributed by atoms with van der Waals surface area (Å²) < 4.78 is 0. The predicted octanol–water partition coefficient (Wildman–Crippen LogP) is 0.653. The van der Waals surface area contributed by atoms with Crippen LogP contribution in [0, 0.1) is 5.92 Å². The topological polar surface area (TPSA) is 49.5 Å². The molecule has 88 valence electrons. The fourth-order valence-corrected chi connectivity index (χ4v) is 2.59. The molecule has 0 unspecified atom stereocenters. The van der Waals surface area contributed by atoms with Gasteiger partial charge in [0.2, 0.25) is 0 Å². The van der Waals surface area contributed by atoms with Crippen molar-refractivity contribution in [3.8, 4) is 0 Å². The van der Waals surface area contributed by atoms with Gasteiger partial charge in [-0.05, 0) is 5.56 Å². The quantitative estimate of drug-likeness (QED) is 0.783. The lowest BCUT2D eigenvalue weighted by atomic mass is 9.90.